The predicted molar refractivity (Wildman–Crippen MR) is 52.2 cm³/mol. The van der Waals surface area contributed by atoms with Crippen LogP contribution in [0.3, 0.4) is 0 Å². The van der Waals surface area contributed by atoms with Crippen LogP contribution in [0.25, 0.3) is 0 Å². The Bertz CT molecular complexity index is 339. The monoisotopic (exact) mass is 213 g/mol. The van der Waals surface area contributed by atoms with Gasteiger partial charge in [-0.1, -0.05) is 12.6 Å². The molecule has 0 fully saturated rings. The van der Waals surface area contributed by atoms with Gasteiger partial charge < -0.3 is 10.2 Å². The van der Waals surface area contributed by atoms with Crippen molar-refractivity contribution in [2.75, 3.05) is 13.3 Å². The maximum Gasteiger partial charge on any atom is 0.168 e. The van der Waals surface area contributed by atoms with Crippen LogP contribution in [-0.2, 0) is 0 Å². The Morgan fingerprint density at radius 3 is 2.93 bits per heavy atom. The quantitative estimate of drug-likeness (QED) is 0.563. The van der Waals surface area contributed by atoms with E-state index in [2.05, 4.69) is 10.5 Å². The molecule has 1 radical (unpaired) electrons. The number of rotatable bonds is 2. The summed E-state index contributed by atoms with van der Waals surface area (Å²) in [5.74, 6) is 0.565. The molecule has 75 valence electrons. The number of hydrazine groups is 2. The molecule has 2 rings (SSSR count). The second-order valence-corrected chi connectivity index (χ2v) is 3.20. The molecule has 0 spiro atoms. The van der Waals surface area contributed by atoms with Crippen LogP contribution >= 0.6 is 12.6 Å². The Labute approximate surface area is 86.2 Å². The van der Waals surface area contributed by atoms with Gasteiger partial charge in [0.15, 0.2) is 5.82 Å². The van der Waals surface area contributed by atoms with Crippen molar-refractivity contribution >= 4 is 17.7 Å². The van der Waals surface area contributed by atoms with Gasteiger partial charge >= 0.3 is 0 Å². The number of hydrogen-bond acceptors (Lipinski definition) is 6. The second-order valence-electron chi connectivity index (χ2n) is 2.78. The molecule has 0 aromatic heterocycles. The number of hydrogen-bond donors (Lipinski definition) is 3. The van der Waals surface area contributed by atoms with Crippen molar-refractivity contribution in [3.8, 4) is 0 Å². The van der Waals surface area contributed by atoms with Crippen LogP contribution in [0.2, 0.25) is 0 Å². The molecule has 2 aliphatic rings. The number of nitrogens with one attached hydrogen (secondary N) is 1. The zero-order valence-corrected chi connectivity index (χ0v) is 8.03. The Morgan fingerprint density at radius 2 is 2.29 bits per heavy atom. The number of fused-ring (bicyclic) bond motifs is 1. The summed E-state index contributed by atoms with van der Waals surface area (Å²) in [4.78, 5) is 4.06. The normalized spacial score (nSPS) is 20.3. The van der Waals surface area contributed by atoms with Gasteiger partial charge in [0.2, 0.25) is 0 Å². The first-order chi connectivity index (χ1) is 6.74. The van der Waals surface area contributed by atoms with Crippen molar-refractivity contribution in [1.82, 2.24) is 15.6 Å². The van der Waals surface area contributed by atoms with Crippen LogP contribution in [0.1, 0.15) is 0 Å². The van der Waals surface area contributed by atoms with E-state index in [1.165, 1.54) is 5.01 Å². The average molecular weight is 213 g/mol. The van der Waals surface area contributed by atoms with Crippen molar-refractivity contribution in [3.05, 3.63) is 23.8 Å². The fourth-order valence-corrected chi connectivity index (χ4v) is 1.47. The molecular weight excluding hydrogens is 204 g/mol. The smallest absolute Gasteiger partial charge is 0.168 e. The summed E-state index contributed by atoms with van der Waals surface area (Å²) in [6.07, 6.45) is 3.20. The average Bonchev–Trinajstić information content (AvgIpc) is 2.59. The SMILES string of the molecule is OCC1=CC([S])=NC2=CN(CO)NN12. The topological polar surface area (TPSA) is 71.3 Å². The van der Waals surface area contributed by atoms with E-state index in [9.17, 15) is 0 Å². The minimum absolute atomic E-state index is 0.140. The Morgan fingerprint density at radius 1 is 1.50 bits per heavy atom. The molecule has 0 saturated carbocycles. The van der Waals surface area contributed by atoms with Crippen molar-refractivity contribution in [2.24, 2.45) is 4.99 Å². The lowest BCUT2D eigenvalue weighted by Crippen LogP contribution is -2.41. The van der Waals surface area contributed by atoms with Crippen LogP contribution in [-0.4, -0.2) is 38.6 Å². The molecule has 2 heterocycles. The summed E-state index contributed by atoms with van der Waals surface area (Å²) in [5.41, 5.74) is 3.41. The maximum absolute atomic E-state index is 9.06. The number of aliphatic hydroxyl groups is 2. The fraction of sp³-hybridized carbons (Fsp3) is 0.286. The Hall–Kier alpha value is -1.15. The highest BCUT2D eigenvalue weighted by atomic mass is 32.1. The van der Waals surface area contributed by atoms with E-state index in [1.54, 1.807) is 17.3 Å². The molecule has 6 nitrogen and oxygen atoms in total. The van der Waals surface area contributed by atoms with Crippen LogP contribution in [0.15, 0.2) is 28.8 Å². The number of aliphatic hydroxyl groups excluding tert-OH is 2. The second kappa shape index (κ2) is 3.54. The molecule has 0 saturated heterocycles. The molecule has 7 heteroatoms. The van der Waals surface area contributed by atoms with E-state index >= 15 is 0 Å². The molecular formula is C7H9N4O2S. The van der Waals surface area contributed by atoms with E-state index in [0.29, 0.717) is 16.6 Å². The van der Waals surface area contributed by atoms with Gasteiger partial charge in [0, 0.05) is 0 Å². The van der Waals surface area contributed by atoms with Gasteiger partial charge in [0.05, 0.1) is 18.5 Å². The van der Waals surface area contributed by atoms with E-state index in [-0.39, 0.29) is 13.3 Å². The molecule has 0 amide bonds. The third-order valence-corrected chi connectivity index (χ3v) is 2.05. The first-order valence-electron chi connectivity index (χ1n) is 3.97. The lowest BCUT2D eigenvalue weighted by Gasteiger charge is -2.25. The molecule has 0 unspecified atom stereocenters. The van der Waals surface area contributed by atoms with Gasteiger partial charge in [0.25, 0.3) is 0 Å². The summed E-state index contributed by atoms with van der Waals surface area (Å²) >= 11 is 4.92. The van der Waals surface area contributed by atoms with E-state index < -0.39 is 0 Å². The van der Waals surface area contributed by atoms with Crippen molar-refractivity contribution < 1.29 is 10.2 Å². The van der Waals surface area contributed by atoms with Crippen LogP contribution in [0, 0.1) is 0 Å². The first-order valence-corrected chi connectivity index (χ1v) is 4.38. The molecule has 0 atom stereocenters. The van der Waals surface area contributed by atoms with Gasteiger partial charge in [-0.25, -0.2) is 10.0 Å². The predicted octanol–water partition coefficient (Wildman–Crippen LogP) is -0.742. The van der Waals surface area contributed by atoms with Crippen molar-refractivity contribution in [2.45, 2.75) is 0 Å². The van der Waals surface area contributed by atoms with Crippen LogP contribution in [0.5, 0.6) is 0 Å². The van der Waals surface area contributed by atoms with Gasteiger partial charge in [-0.2, -0.15) is 0 Å². The summed E-state index contributed by atoms with van der Waals surface area (Å²) in [5, 5.41) is 21.3. The highest BCUT2D eigenvalue weighted by Crippen LogP contribution is 2.22. The third kappa shape index (κ3) is 1.46. The third-order valence-electron chi connectivity index (χ3n) is 1.85. The summed E-state index contributed by atoms with van der Waals surface area (Å²) in [6.45, 7) is -0.319. The fourth-order valence-electron chi connectivity index (χ4n) is 1.24. The number of nitrogens with zero attached hydrogens (tertiary/aromatic N) is 3. The minimum Gasteiger partial charge on any atom is -0.390 e. The van der Waals surface area contributed by atoms with Crippen molar-refractivity contribution in [1.29, 1.82) is 0 Å². The highest BCUT2D eigenvalue weighted by molar-refractivity contribution is 7.97. The first kappa shape index (κ1) is 9.41. The van der Waals surface area contributed by atoms with E-state index in [0.717, 1.165) is 0 Å². The standard InChI is InChI=1S/C7H9N4O2S/c12-3-5-1-7(14)8-6-2-10(4-13)9-11(5)6/h1-2,9,12-13H,3-4H2. The van der Waals surface area contributed by atoms with Crippen molar-refractivity contribution in [3.63, 3.8) is 0 Å². The number of aliphatic imine (C=N–C) groups is 1. The molecule has 0 aromatic rings. The summed E-state index contributed by atoms with van der Waals surface area (Å²) < 4.78 is 0. The molecule has 3 N–H and O–H groups in total. The molecule has 0 aromatic carbocycles. The maximum atomic E-state index is 9.06. The molecule has 0 bridgehead atoms. The van der Waals surface area contributed by atoms with Gasteiger partial charge in [-0.3, -0.25) is 5.01 Å². The van der Waals surface area contributed by atoms with Crippen LogP contribution in [0.4, 0.5) is 0 Å². The minimum atomic E-state index is -0.180. The zero-order chi connectivity index (χ0) is 10.1. The largest absolute Gasteiger partial charge is 0.390 e. The lowest BCUT2D eigenvalue weighted by molar-refractivity contribution is 0.0592. The van der Waals surface area contributed by atoms with Gasteiger partial charge in [0.1, 0.15) is 11.8 Å². The highest BCUT2D eigenvalue weighted by Gasteiger charge is 2.25. The Kier molecular flexibility index (Phi) is 2.38. The van der Waals surface area contributed by atoms with E-state index in [1.807, 2.05) is 0 Å². The van der Waals surface area contributed by atoms with Gasteiger partial charge in [-0.05, 0) is 6.08 Å². The van der Waals surface area contributed by atoms with Gasteiger partial charge in [-0.15, -0.1) is 5.53 Å². The summed E-state index contributed by atoms with van der Waals surface area (Å²) in [6, 6.07) is 0. The zero-order valence-electron chi connectivity index (χ0n) is 7.21. The summed E-state index contributed by atoms with van der Waals surface area (Å²) in [7, 11) is 0. The Balaban J connectivity index is 2.28. The molecule has 2 aliphatic heterocycles. The van der Waals surface area contributed by atoms with Crippen LogP contribution < -0.4 is 5.53 Å². The molecule has 14 heavy (non-hydrogen) atoms. The lowest BCUT2D eigenvalue weighted by atomic mass is 10.3. The molecule has 0 aliphatic carbocycles. The van der Waals surface area contributed by atoms with E-state index in [4.69, 9.17) is 22.8 Å².